The molecule has 3 fully saturated rings. The molecule has 2 saturated heterocycles. The first kappa shape index (κ1) is 12.4. The molecule has 102 valence electrons. The average molecular weight is 251 g/mol. The molecule has 0 spiro atoms. The predicted molar refractivity (Wildman–Crippen MR) is 71.1 cm³/mol. The van der Waals surface area contributed by atoms with Gasteiger partial charge in [0.2, 0.25) is 5.91 Å². The van der Waals surface area contributed by atoms with Crippen molar-refractivity contribution >= 4 is 5.91 Å². The van der Waals surface area contributed by atoms with E-state index in [9.17, 15) is 4.79 Å². The highest BCUT2D eigenvalue weighted by atomic mass is 16.2. The Balaban J connectivity index is 1.66. The van der Waals surface area contributed by atoms with Gasteiger partial charge in [0.25, 0.3) is 0 Å². The van der Waals surface area contributed by atoms with Gasteiger partial charge in [-0.05, 0) is 45.6 Å². The van der Waals surface area contributed by atoms with Crippen LogP contribution in [-0.4, -0.2) is 53.5 Å². The van der Waals surface area contributed by atoms with Gasteiger partial charge in [-0.15, -0.1) is 0 Å². The van der Waals surface area contributed by atoms with E-state index in [1.807, 2.05) is 0 Å². The van der Waals surface area contributed by atoms with Gasteiger partial charge in [0.05, 0.1) is 0 Å². The third-order valence-corrected chi connectivity index (χ3v) is 5.04. The van der Waals surface area contributed by atoms with E-state index in [1.165, 1.54) is 19.4 Å². The number of carbonyl (C=O) groups excluding carboxylic acids is 1. The van der Waals surface area contributed by atoms with Crippen LogP contribution in [0, 0.1) is 5.92 Å². The second kappa shape index (κ2) is 4.82. The van der Waals surface area contributed by atoms with Crippen LogP contribution < -0.4 is 5.73 Å². The van der Waals surface area contributed by atoms with Crippen LogP contribution in [0.15, 0.2) is 0 Å². The van der Waals surface area contributed by atoms with Gasteiger partial charge in [-0.2, -0.15) is 0 Å². The third kappa shape index (κ3) is 2.16. The van der Waals surface area contributed by atoms with Crippen molar-refractivity contribution in [1.82, 2.24) is 9.80 Å². The molecule has 0 bridgehead atoms. The lowest BCUT2D eigenvalue weighted by Crippen LogP contribution is -2.57. The van der Waals surface area contributed by atoms with Crippen LogP contribution in [-0.2, 0) is 4.79 Å². The molecule has 1 aliphatic carbocycles. The van der Waals surface area contributed by atoms with Crippen LogP contribution in [0.25, 0.3) is 0 Å². The summed E-state index contributed by atoms with van der Waals surface area (Å²) in [6.45, 7) is 5.44. The van der Waals surface area contributed by atoms with E-state index in [-0.39, 0.29) is 12.0 Å². The number of nitrogens with two attached hydrogens (primary N) is 1. The molecule has 1 saturated carbocycles. The Labute approximate surface area is 109 Å². The Hall–Kier alpha value is -0.610. The Morgan fingerprint density at radius 3 is 2.78 bits per heavy atom. The summed E-state index contributed by atoms with van der Waals surface area (Å²) in [6.07, 6.45) is 5.48. The number of amides is 1. The van der Waals surface area contributed by atoms with Crippen molar-refractivity contribution in [2.45, 2.75) is 57.2 Å². The molecule has 4 nitrogen and oxygen atoms in total. The maximum atomic E-state index is 12.6. The number of rotatable bonds is 1. The SMILES string of the molecule is C[C@@H]1CN2CCC[C@@H]2CN1C(=O)[C@@H]1CC[C@H](N)C1. The van der Waals surface area contributed by atoms with Gasteiger partial charge < -0.3 is 10.6 Å². The van der Waals surface area contributed by atoms with Gasteiger partial charge in [0.1, 0.15) is 0 Å². The molecule has 3 aliphatic rings. The van der Waals surface area contributed by atoms with Crippen molar-refractivity contribution in [3.63, 3.8) is 0 Å². The normalized spacial score (nSPS) is 41.1. The Morgan fingerprint density at radius 1 is 1.22 bits per heavy atom. The van der Waals surface area contributed by atoms with Gasteiger partial charge in [-0.25, -0.2) is 0 Å². The highest BCUT2D eigenvalue weighted by molar-refractivity contribution is 5.79. The standard InChI is InChI=1S/C14H25N3O/c1-10-8-16-6-2-3-13(16)9-17(10)14(18)11-4-5-12(15)7-11/h10-13H,2-9,15H2,1H3/t10-,11-,12+,13-/m1/s1. The van der Waals surface area contributed by atoms with Gasteiger partial charge >= 0.3 is 0 Å². The number of hydrogen-bond acceptors (Lipinski definition) is 3. The molecule has 3 rings (SSSR count). The molecule has 1 amide bonds. The maximum absolute atomic E-state index is 12.6. The first-order valence-corrected chi connectivity index (χ1v) is 7.45. The Kier molecular flexibility index (Phi) is 3.32. The second-order valence-corrected chi connectivity index (χ2v) is 6.40. The van der Waals surface area contributed by atoms with E-state index in [0.717, 1.165) is 32.4 Å². The summed E-state index contributed by atoms with van der Waals surface area (Å²) in [6, 6.07) is 1.26. The Morgan fingerprint density at radius 2 is 2.06 bits per heavy atom. The van der Waals surface area contributed by atoms with E-state index >= 15 is 0 Å². The van der Waals surface area contributed by atoms with Crippen molar-refractivity contribution in [2.24, 2.45) is 11.7 Å². The van der Waals surface area contributed by atoms with E-state index in [1.54, 1.807) is 0 Å². The van der Waals surface area contributed by atoms with E-state index in [2.05, 4.69) is 16.7 Å². The Bertz CT molecular complexity index is 333. The molecule has 0 aromatic rings. The predicted octanol–water partition coefficient (Wildman–Crippen LogP) is 0.809. The van der Waals surface area contributed by atoms with E-state index in [4.69, 9.17) is 5.73 Å². The number of piperazine rings is 1. The lowest BCUT2D eigenvalue weighted by Gasteiger charge is -2.43. The van der Waals surface area contributed by atoms with Crippen LogP contribution in [0.4, 0.5) is 0 Å². The fourth-order valence-corrected chi connectivity index (χ4v) is 3.97. The minimum absolute atomic E-state index is 0.204. The molecule has 2 aliphatic heterocycles. The second-order valence-electron chi connectivity index (χ2n) is 6.40. The van der Waals surface area contributed by atoms with Gasteiger partial charge in [-0.3, -0.25) is 9.69 Å². The highest BCUT2D eigenvalue weighted by Gasteiger charge is 2.39. The highest BCUT2D eigenvalue weighted by Crippen LogP contribution is 2.30. The monoisotopic (exact) mass is 251 g/mol. The molecule has 0 aromatic heterocycles. The van der Waals surface area contributed by atoms with Gasteiger partial charge in [-0.1, -0.05) is 0 Å². The average Bonchev–Trinajstić information content (AvgIpc) is 2.95. The first-order valence-electron chi connectivity index (χ1n) is 7.45. The van der Waals surface area contributed by atoms with Gasteiger partial charge in [0.15, 0.2) is 0 Å². The van der Waals surface area contributed by atoms with Crippen LogP contribution >= 0.6 is 0 Å². The zero-order valence-corrected chi connectivity index (χ0v) is 11.3. The molecular weight excluding hydrogens is 226 g/mol. The summed E-state index contributed by atoms with van der Waals surface area (Å²) in [5, 5.41) is 0. The van der Waals surface area contributed by atoms with Crippen LogP contribution in [0.3, 0.4) is 0 Å². The topological polar surface area (TPSA) is 49.6 Å². The quantitative estimate of drug-likeness (QED) is 0.750. The number of hydrogen-bond donors (Lipinski definition) is 1. The molecule has 4 atom stereocenters. The molecule has 0 radical (unpaired) electrons. The minimum atomic E-state index is 0.204. The molecule has 0 aromatic carbocycles. The van der Waals surface area contributed by atoms with Crippen LogP contribution in [0.5, 0.6) is 0 Å². The molecule has 4 heteroatoms. The maximum Gasteiger partial charge on any atom is 0.226 e. The number of carbonyl (C=O) groups is 1. The summed E-state index contributed by atoms with van der Waals surface area (Å²) in [4.78, 5) is 17.3. The van der Waals surface area contributed by atoms with Crippen molar-refractivity contribution in [1.29, 1.82) is 0 Å². The van der Waals surface area contributed by atoms with E-state index in [0.29, 0.717) is 18.0 Å². The number of nitrogens with zero attached hydrogens (tertiary/aromatic N) is 2. The van der Waals surface area contributed by atoms with Crippen molar-refractivity contribution < 1.29 is 4.79 Å². The molecular formula is C14H25N3O. The summed E-state index contributed by atoms with van der Waals surface area (Å²) in [5.74, 6) is 0.581. The zero-order chi connectivity index (χ0) is 12.7. The van der Waals surface area contributed by atoms with Crippen molar-refractivity contribution in [3.8, 4) is 0 Å². The first-order chi connectivity index (χ1) is 8.65. The summed E-state index contributed by atoms with van der Waals surface area (Å²) in [7, 11) is 0. The van der Waals surface area contributed by atoms with Crippen molar-refractivity contribution in [3.05, 3.63) is 0 Å². The largest absolute Gasteiger partial charge is 0.337 e. The van der Waals surface area contributed by atoms with Crippen LogP contribution in [0.2, 0.25) is 0 Å². The van der Waals surface area contributed by atoms with Crippen molar-refractivity contribution in [2.75, 3.05) is 19.6 Å². The zero-order valence-electron chi connectivity index (χ0n) is 11.3. The lowest BCUT2D eigenvalue weighted by molar-refractivity contribution is -0.141. The summed E-state index contributed by atoms with van der Waals surface area (Å²) in [5.41, 5.74) is 5.93. The molecule has 2 N–H and O–H groups in total. The minimum Gasteiger partial charge on any atom is -0.337 e. The molecule has 2 heterocycles. The molecule has 18 heavy (non-hydrogen) atoms. The summed E-state index contributed by atoms with van der Waals surface area (Å²) >= 11 is 0. The summed E-state index contributed by atoms with van der Waals surface area (Å²) < 4.78 is 0. The van der Waals surface area contributed by atoms with Gasteiger partial charge in [0, 0.05) is 37.1 Å². The fourth-order valence-electron chi connectivity index (χ4n) is 3.97. The molecule has 0 unspecified atom stereocenters. The smallest absolute Gasteiger partial charge is 0.226 e. The van der Waals surface area contributed by atoms with Crippen LogP contribution in [0.1, 0.15) is 39.0 Å². The fraction of sp³-hybridized carbons (Fsp3) is 0.929. The van der Waals surface area contributed by atoms with E-state index < -0.39 is 0 Å². The lowest BCUT2D eigenvalue weighted by atomic mass is 10.0. The number of fused-ring (bicyclic) bond motifs is 1. The third-order valence-electron chi connectivity index (χ3n) is 5.04.